The highest BCUT2D eigenvalue weighted by molar-refractivity contribution is 5.01. The van der Waals surface area contributed by atoms with Crippen molar-refractivity contribution in [3.8, 4) is 0 Å². The summed E-state index contributed by atoms with van der Waals surface area (Å²) in [6.45, 7) is -0.745. The van der Waals surface area contributed by atoms with Gasteiger partial charge in [-0.25, -0.2) is 0 Å². The van der Waals surface area contributed by atoms with E-state index in [1.54, 1.807) is 0 Å². The fourth-order valence-electron chi connectivity index (χ4n) is 4.12. The lowest BCUT2D eigenvalue weighted by Crippen LogP contribution is -2.67. The average molecular weight is 455 g/mol. The molecule has 2 saturated heterocycles. The van der Waals surface area contributed by atoms with E-state index in [-0.39, 0.29) is 13.0 Å². The van der Waals surface area contributed by atoms with Gasteiger partial charge in [0.25, 0.3) is 0 Å². The summed E-state index contributed by atoms with van der Waals surface area (Å²) < 4.78 is 22.2. The second-order valence-corrected chi connectivity index (χ2v) is 8.21. The Hall–Kier alpha value is -0.560. The minimum atomic E-state index is -1.66. The Kier molecular flexibility index (Phi) is 8.21. The molecular formula is C17H33N3O11. The van der Waals surface area contributed by atoms with Gasteiger partial charge in [-0.3, -0.25) is 0 Å². The molecule has 3 aliphatic rings. The zero-order valence-corrected chi connectivity index (χ0v) is 16.7. The summed E-state index contributed by atoms with van der Waals surface area (Å²) >= 11 is 0. The van der Waals surface area contributed by atoms with Crippen LogP contribution >= 0.6 is 0 Å². The molecular weight excluding hydrogens is 422 g/mol. The van der Waals surface area contributed by atoms with Crippen LogP contribution in [0, 0.1) is 0 Å². The Morgan fingerprint density at radius 1 is 0.677 bits per heavy atom. The largest absolute Gasteiger partial charge is 0.394 e. The van der Waals surface area contributed by atoms with Crippen molar-refractivity contribution in [1.29, 1.82) is 0 Å². The molecule has 0 bridgehead atoms. The van der Waals surface area contributed by atoms with Gasteiger partial charge in [0.1, 0.15) is 54.9 Å². The molecule has 1 saturated carbocycles. The zero-order valence-electron chi connectivity index (χ0n) is 16.7. The molecule has 2 aliphatic heterocycles. The summed E-state index contributed by atoms with van der Waals surface area (Å²) in [5.74, 6) is 0. The maximum Gasteiger partial charge on any atom is 0.187 e. The Bertz CT molecular complexity index is 590. The summed E-state index contributed by atoms with van der Waals surface area (Å²) in [5.41, 5.74) is 17.6. The molecule has 31 heavy (non-hydrogen) atoms. The molecule has 2 heterocycles. The molecule has 3 fully saturated rings. The third-order valence-electron chi connectivity index (χ3n) is 6.05. The van der Waals surface area contributed by atoms with Gasteiger partial charge in [0.2, 0.25) is 0 Å². The van der Waals surface area contributed by atoms with E-state index in [1.807, 2.05) is 0 Å². The lowest BCUT2D eigenvalue weighted by Gasteiger charge is -2.46. The van der Waals surface area contributed by atoms with Gasteiger partial charge in [0.15, 0.2) is 12.6 Å². The number of ether oxygens (including phenoxy) is 4. The summed E-state index contributed by atoms with van der Waals surface area (Å²) in [5, 5.41) is 70.2. The Labute approximate surface area is 178 Å². The van der Waals surface area contributed by atoms with Gasteiger partial charge in [0, 0.05) is 18.6 Å². The smallest absolute Gasteiger partial charge is 0.187 e. The highest BCUT2D eigenvalue weighted by atomic mass is 16.7. The van der Waals surface area contributed by atoms with Crippen molar-refractivity contribution in [3.05, 3.63) is 0 Å². The van der Waals surface area contributed by atoms with Crippen LogP contribution in [-0.4, -0.2) is 135 Å². The molecule has 6 unspecified atom stereocenters. The SMILES string of the molecule is NCC1O[C@H](OC2C(N)CC(N)[C@@H](O)[C@H]2O[C@@H]2O[C@H](CO)[C@H](O)C2O)C(O)[C@@H](O)[C@@H]1O. The highest BCUT2D eigenvalue weighted by Gasteiger charge is 2.52. The number of nitrogens with two attached hydrogens (primary N) is 3. The first kappa shape index (κ1) is 25.1. The summed E-state index contributed by atoms with van der Waals surface area (Å²) in [4.78, 5) is 0. The van der Waals surface area contributed by atoms with Crippen LogP contribution in [-0.2, 0) is 18.9 Å². The Morgan fingerprint density at radius 3 is 1.74 bits per heavy atom. The van der Waals surface area contributed by atoms with Gasteiger partial charge >= 0.3 is 0 Å². The second-order valence-electron chi connectivity index (χ2n) is 8.21. The lowest BCUT2D eigenvalue weighted by atomic mass is 9.84. The van der Waals surface area contributed by atoms with Crippen LogP contribution in [0.1, 0.15) is 6.42 Å². The van der Waals surface area contributed by atoms with Crippen LogP contribution in [0.25, 0.3) is 0 Å². The molecule has 0 aromatic heterocycles. The fraction of sp³-hybridized carbons (Fsp3) is 1.00. The van der Waals surface area contributed by atoms with Crippen LogP contribution in [0.2, 0.25) is 0 Å². The summed E-state index contributed by atoms with van der Waals surface area (Å²) in [7, 11) is 0. The van der Waals surface area contributed by atoms with Crippen LogP contribution in [0.4, 0.5) is 0 Å². The Morgan fingerprint density at radius 2 is 1.19 bits per heavy atom. The van der Waals surface area contributed by atoms with E-state index in [1.165, 1.54) is 0 Å². The van der Waals surface area contributed by atoms with Gasteiger partial charge in [-0.2, -0.15) is 0 Å². The van der Waals surface area contributed by atoms with E-state index in [2.05, 4.69) is 0 Å². The van der Waals surface area contributed by atoms with E-state index < -0.39 is 92.3 Å². The van der Waals surface area contributed by atoms with Crippen molar-refractivity contribution in [3.63, 3.8) is 0 Å². The van der Waals surface area contributed by atoms with E-state index in [0.29, 0.717) is 0 Å². The molecule has 0 aromatic rings. The number of rotatable bonds is 6. The molecule has 14 atom stereocenters. The molecule has 1 aliphatic carbocycles. The average Bonchev–Trinajstić information content (AvgIpc) is 3.02. The third-order valence-corrected chi connectivity index (χ3v) is 6.05. The minimum Gasteiger partial charge on any atom is -0.394 e. The number of hydrogen-bond acceptors (Lipinski definition) is 14. The first-order valence-corrected chi connectivity index (χ1v) is 10.1. The number of hydrogen-bond donors (Lipinski definition) is 10. The normalized spacial score (nSPS) is 53.6. The predicted octanol–water partition coefficient (Wildman–Crippen LogP) is -6.62. The molecule has 0 amide bonds. The van der Waals surface area contributed by atoms with E-state index in [0.717, 1.165) is 0 Å². The van der Waals surface area contributed by atoms with Crippen LogP contribution in [0.5, 0.6) is 0 Å². The van der Waals surface area contributed by atoms with Crippen molar-refractivity contribution in [1.82, 2.24) is 0 Å². The molecule has 13 N–H and O–H groups in total. The van der Waals surface area contributed by atoms with Crippen LogP contribution in [0.15, 0.2) is 0 Å². The van der Waals surface area contributed by atoms with Gasteiger partial charge < -0.3 is 71.9 Å². The topological polar surface area (TPSA) is 257 Å². The maximum atomic E-state index is 10.6. The van der Waals surface area contributed by atoms with Crippen LogP contribution < -0.4 is 17.2 Å². The lowest BCUT2D eigenvalue weighted by molar-refractivity contribution is -0.329. The predicted molar refractivity (Wildman–Crippen MR) is 99.8 cm³/mol. The first-order chi connectivity index (χ1) is 14.6. The number of aliphatic hydroxyl groups is 7. The monoisotopic (exact) mass is 455 g/mol. The molecule has 182 valence electrons. The molecule has 0 aromatic carbocycles. The third kappa shape index (κ3) is 4.87. The van der Waals surface area contributed by atoms with E-state index in [4.69, 9.17) is 36.1 Å². The van der Waals surface area contributed by atoms with Crippen molar-refractivity contribution >= 4 is 0 Å². The van der Waals surface area contributed by atoms with Gasteiger partial charge in [0.05, 0.1) is 12.7 Å². The molecule has 3 rings (SSSR count). The van der Waals surface area contributed by atoms with E-state index in [9.17, 15) is 35.7 Å². The van der Waals surface area contributed by atoms with Crippen molar-refractivity contribution < 1.29 is 54.7 Å². The van der Waals surface area contributed by atoms with Gasteiger partial charge in [-0.1, -0.05) is 0 Å². The fourth-order valence-corrected chi connectivity index (χ4v) is 4.12. The van der Waals surface area contributed by atoms with Crippen molar-refractivity contribution in [2.45, 2.75) is 92.1 Å². The minimum absolute atomic E-state index is 0.107. The summed E-state index contributed by atoms with van der Waals surface area (Å²) in [6, 6.07) is -1.64. The highest BCUT2D eigenvalue weighted by Crippen LogP contribution is 2.32. The van der Waals surface area contributed by atoms with Crippen molar-refractivity contribution in [2.24, 2.45) is 17.2 Å². The first-order valence-electron chi connectivity index (χ1n) is 10.1. The standard InChI is InChI=1S/C17H33N3O11/c18-2-6-9(23)11(25)13(27)17(28-6)30-14-5(20)1-4(19)8(22)15(14)31-16-12(26)10(24)7(3-21)29-16/h4-17,21-27H,1-3,18-20H2/t4?,5?,6?,7-,8-,9-,10+,11+,12?,13?,14?,15-,16+,17-/m1/s1. The quantitative estimate of drug-likeness (QED) is 0.179. The van der Waals surface area contributed by atoms with Gasteiger partial charge in [-0.15, -0.1) is 0 Å². The molecule has 0 spiro atoms. The summed E-state index contributed by atoms with van der Waals surface area (Å²) in [6.07, 6.45) is -16.4. The molecule has 14 heteroatoms. The van der Waals surface area contributed by atoms with E-state index >= 15 is 0 Å². The maximum absolute atomic E-state index is 10.6. The second kappa shape index (κ2) is 10.1. The zero-order chi connectivity index (χ0) is 23.0. The Balaban J connectivity index is 1.78. The molecule has 14 nitrogen and oxygen atoms in total. The van der Waals surface area contributed by atoms with Gasteiger partial charge in [-0.05, 0) is 6.42 Å². The van der Waals surface area contributed by atoms with Crippen LogP contribution in [0.3, 0.4) is 0 Å². The van der Waals surface area contributed by atoms with Crippen molar-refractivity contribution in [2.75, 3.05) is 13.2 Å². The number of aliphatic hydroxyl groups excluding tert-OH is 7. The molecule has 0 radical (unpaired) electrons.